The zero-order chi connectivity index (χ0) is 10.7. The summed E-state index contributed by atoms with van der Waals surface area (Å²) in [5.41, 5.74) is 0. The second kappa shape index (κ2) is 5.16. The Bertz CT molecular complexity index is 451. The molecule has 0 saturated heterocycles. The van der Waals surface area contributed by atoms with Crippen molar-refractivity contribution in [3.8, 4) is 11.5 Å². The average molecular weight is 422 g/mol. The Hall–Kier alpha value is -0.300. The van der Waals surface area contributed by atoms with E-state index < -0.39 is 0 Å². The van der Waals surface area contributed by atoms with Crippen molar-refractivity contribution in [3.63, 3.8) is 0 Å². The summed E-state index contributed by atoms with van der Waals surface area (Å²) in [5.74, 6) is 1.78. The van der Waals surface area contributed by atoms with E-state index in [9.17, 15) is 0 Å². The van der Waals surface area contributed by atoms with Crippen LogP contribution in [0.3, 0.4) is 0 Å². The standard InChI is InChI=1S/C12H8I2O/c13-9-5-7-10(8-6-9)15-12-4-2-1-3-11(12)14/h1-8H. The summed E-state index contributed by atoms with van der Waals surface area (Å²) in [7, 11) is 0. The SMILES string of the molecule is Ic1ccc(Oc2ccccc2I)cc1. The van der Waals surface area contributed by atoms with Gasteiger partial charge in [-0.15, -0.1) is 0 Å². The first-order chi connectivity index (χ1) is 7.25. The van der Waals surface area contributed by atoms with E-state index in [2.05, 4.69) is 45.2 Å². The molecule has 2 rings (SSSR count). The molecule has 0 atom stereocenters. The number of benzene rings is 2. The van der Waals surface area contributed by atoms with Gasteiger partial charge in [0.1, 0.15) is 11.5 Å². The lowest BCUT2D eigenvalue weighted by atomic mass is 10.3. The minimum absolute atomic E-state index is 0.875. The van der Waals surface area contributed by atoms with Crippen LogP contribution in [-0.4, -0.2) is 0 Å². The van der Waals surface area contributed by atoms with Gasteiger partial charge >= 0.3 is 0 Å². The third kappa shape index (κ3) is 3.07. The third-order valence-electron chi connectivity index (χ3n) is 1.88. The van der Waals surface area contributed by atoms with Gasteiger partial charge in [0.25, 0.3) is 0 Å². The molecule has 2 aromatic rings. The molecule has 0 saturated carbocycles. The maximum atomic E-state index is 5.75. The first-order valence-electron chi connectivity index (χ1n) is 4.43. The van der Waals surface area contributed by atoms with Gasteiger partial charge in [-0.05, 0) is 81.6 Å². The molecule has 3 heteroatoms. The molecule has 76 valence electrons. The summed E-state index contributed by atoms with van der Waals surface area (Å²) in [5, 5.41) is 0. The molecule has 0 heterocycles. The Kier molecular flexibility index (Phi) is 3.85. The lowest BCUT2D eigenvalue weighted by Gasteiger charge is -2.07. The fourth-order valence-corrected chi connectivity index (χ4v) is 2.01. The van der Waals surface area contributed by atoms with Gasteiger partial charge < -0.3 is 4.74 Å². The van der Waals surface area contributed by atoms with E-state index in [1.54, 1.807) is 0 Å². The van der Waals surface area contributed by atoms with Crippen LogP contribution in [0.5, 0.6) is 11.5 Å². The van der Waals surface area contributed by atoms with E-state index in [-0.39, 0.29) is 0 Å². The van der Waals surface area contributed by atoms with Crippen LogP contribution in [-0.2, 0) is 0 Å². The van der Waals surface area contributed by atoms with Gasteiger partial charge in [-0.3, -0.25) is 0 Å². The highest BCUT2D eigenvalue weighted by molar-refractivity contribution is 14.1. The first kappa shape index (κ1) is 11.2. The molecule has 0 aromatic heterocycles. The Labute approximate surface area is 116 Å². The summed E-state index contributed by atoms with van der Waals surface area (Å²) in [6.45, 7) is 0. The zero-order valence-electron chi connectivity index (χ0n) is 7.78. The molecule has 0 spiro atoms. The van der Waals surface area contributed by atoms with Crippen LogP contribution in [0, 0.1) is 7.14 Å². The normalized spacial score (nSPS) is 10.0. The maximum Gasteiger partial charge on any atom is 0.140 e. The molecule has 0 unspecified atom stereocenters. The van der Waals surface area contributed by atoms with Crippen molar-refractivity contribution in [2.24, 2.45) is 0 Å². The third-order valence-corrected chi connectivity index (χ3v) is 3.49. The monoisotopic (exact) mass is 422 g/mol. The van der Waals surface area contributed by atoms with Crippen molar-refractivity contribution in [2.75, 3.05) is 0 Å². The van der Waals surface area contributed by atoms with Gasteiger partial charge in [-0.25, -0.2) is 0 Å². The molecule has 15 heavy (non-hydrogen) atoms. The fourth-order valence-electron chi connectivity index (χ4n) is 1.16. The Balaban J connectivity index is 2.22. The van der Waals surface area contributed by atoms with E-state index in [1.807, 2.05) is 48.5 Å². The smallest absolute Gasteiger partial charge is 0.140 e. The minimum atomic E-state index is 0.875. The summed E-state index contributed by atoms with van der Waals surface area (Å²) < 4.78 is 8.08. The van der Waals surface area contributed by atoms with E-state index in [0.29, 0.717) is 0 Å². The Morgan fingerprint density at radius 2 is 1.47 bits per heavy atom. The number of hydrogen-bond acceptors (Lipinski definition) is 1. The number of ether oxygens (including phenoxy) is 1. The second-order valence-corrected chi connectivity index (χ2v) is 5.39. The fraction of sp³-hybridized carbons (Fsp3) is 0. The lowest BCUT2D eigenvalue weighted by molar-refractivity contribution is 0.479. The molecule has 0 aliphatic rings. The molecule has 0 aliphatic heterocycles. The predicted octanol–water partition coefficient (Wildman–Crippen LogP) is 4.69. The topological polar surface area (TPSA) is 9.23 Å². The molecule has 0 bridgehead atoms. The minimum Gasteiger partial charge on any atom is -0.456 e. The van der Waals surface area contributed by atoms with E-state index in [0.717, 1.165) is 15.1 Å². The van der Waals surface area contributed by atoms with Crippen molar-refractivity contribution in [1.29, 1.82) is 0 Å². The van der Waals surface area contributed by atoms with Crippen molar-refractivity contribution in [2.45, 2.75) is 0 Å². The van der Waals surface area contributed by atoms with Gasteiger partial charge in [-0.1, -0.05) is 12.1 Å². The van der Waals surface area contributed by atoms with Crippen LogP contribution in [0.15, 0.2) is 48.5 Å². The molecular weight excluding hydrogens is 414 g/mol. The van der Waals surface area contributed by atoms with Crippen molar-refractivity contribution < 1.29 is 4.74 Å². The summed E-state index contributed by atoms with van der Waals surface area (Å²) >= 11 is 4.54. The van der Waals surface area contributed by atoms with Gasteiger partial charge in [0.2, 0.25) is 0 Å². The van der Waals surface area contributed by atoms with Gasteiger partial charge in [0.15, 0.2) is 0 Å². The molecule has 1 nitrogen and oxygen atoms in total. The highest BCUT2D eigenvalue weighted by atomic mass is 127. The summed E-state index contributed by atoms with van der Waals surface area (Å²) in [6, 6.07) is 16.0. The quantitative estimate of drug-likeness (QED) is 0.639. The summed E-state index contributed by atoms with van der Waals surface area (Å²) in [6.07, 6.45) is 0. The van der Waals surface area contributed by atoms with Crippen LogP contribution in [0.4, 0.5) is 0 Å². The predicted molar refractivity (Wildman–Crippen MR) is 78.4 cm³/mol. The van der Waals surface area contributed by atoms with Gasteiger partial charge in [0.05, 0.1) is 3.57 Å². The van der Waals surface area contributed by atoms with Crippen LogP contribution < -0.4 is 4.74 Å². The van der Waals surface area contributed by atoms with Crippen molar-refractivity contribution in [1.82, 2.24) is 0 Å². The number of halogens is 2. The molecule has 2 aromatic carbocycles. The van der Waals surface area contributed by atoms with E-state index in [4.69, 9.17) is 4.74 Å². The highest BCUT2D eigenvalue weighted by Gasteiger charge is 2.00. The average Bonchev–Trinajstić information content (AvgIpc) is 2.25. The maximum absolute atomic E-state index is 5.75. The van der Waals surface area contributed by atoms with Crippen LogP contribution >= 0.6 is 45.2 Å². The molecule has 0 fully saturated rings. The first-order valence-corrected chi connectivity index (χ1v) is 6.59. The molecule has 0 amide bonds. The number of rotatable bonds is 2. The molecule has 0 radical (unpaired) electrons. The number of hydrogen-bond donors (Lipinski definition) is 0. The Morgan fingerprint density at radius 1 is 0.800 bits per heavy atom. The van der Waals surface area contributed by atoms with Crippen LogP contribution in [0.1, 0.15) is 0 Å². The van der Waals surface area contributed by atoms with Gasteiger partial charge in [-0.2, -0.15) is 0 Å². The summed E-state index contributed by atoms with van der Waals surface area (Å²) in [4.78, 5) is 0. The van der Waals surface area contributed by atoms with E-state index >= 15 is 0 Å². The molecule has 0 N–H and O–H groups in total. The molecular formula is C12H8I2O. The second-order valence-electron chi connectivity index (χ2n) is 2.99. The van der Waals surface area contributed by atoms with E-state index in [1.165, 1.54) is 3.57 Å². The largest absolute Gasteiger partial charge is 0.456 e. The van der Waals surface area contributed by atoms with Crippen molar-refractivity contribution >= 4 is 45.2 Å². The van der Waals surface area contributed by atoms with Gasteiger partial charge in [0, 0.05) is 3.57 Å². The van der Waals surface area contributed by atoms with Crippen molar-refractivity contribution in [3.05, 3.63) is 55.7 Å². The lowest BCUT2D eigenvalue weighted by Crippen LogP contribution is -1.86. The zero-order valence-corrected chi connectivity index (χ0v) is 12.1. The number of para-hydroxylation sites is 1. The van der Waals surface area contributed by atoms with Crippen LogP contribution in [0.25, 0.3) is 0 Å². The Morgan fingerprint density at radius 3 is 2.13 bits per heavy atom. The van der Waals surface area contributed by atoms with Crippen LogP contribution in [0.2, 0.25) is 0 Å². The molecule has 0 aliphatic carbocycles. The highest BCUT2D eigenvalue weighted by Crippen LogP contribution is 2.26.